The topological polar surface area (TPSA) is 73.6 Å². The smallest absolute Gasteiger partial charge is 0.231 e. The minimum Gasteiger partial charge on any atom is -0.491 e. The normalized spacial score (nSPS) is 22.2. The van der Waals surface area contributed by atoms with Crippen molar-refractivity contribution in [3.63, 3.8) is 0 Å². The quantitative estimate of drug-likeness (QED) is 0.842. The number of amides is 1. The molecular weight excluding hydrogens is 244 g/mol. The maximum Gasteiger partial charge on any atom is 0.231 e. The van der Waals surface area contributed by atoms with E-state index in [0.717, 1.165) is 6.42 Å². The summed E-state index contributed by atoms with van der Waals surface area (Å²) in [5.41, 5.74) is 6.52. The van der Waals surface area contributed by atoms with Crippen LogP contribution in [0.25, 0.3) is 0 Å². The number of hydrogen-bond donors (Lipinski definition) is 2. The van der Waals surface area contributed by atoms with Crippen LogP contribution < -0.4 is 15.8 Å². The fourth-order valence-corrected chi connectivity index (χ4v) is 1.97. The zero-order chi connectivity index (χ0) is 13.7. The Hall–Kier alpha value is -1.59. The van der Waals surface area contributed by atoms with E-state index >= 15 is 0 Å². The molecule has 5 heteroatoms. The van der Waals surface area contributed by atoms with Crippen molar-refractivity contribution < 1.29 is 14.3 Å². The van der Waals surface area contributed by atoms with Crippen molar-refractivity contribution in [2.24, 2.45) is 11.7 Å². The predicted molar refractivity (Wildman–Crippen MR) is 73.1 cm³/mol. The van der Waals surface area contributed by atoms with Crippen LogP contribution in [0.3, 0.4) is 0 Å². The molecule has 0 aliphatic carbocycles. The van der Waals surface area contributed by atoms with Gasteiger partial charge in [0.05, 0.1) is 31.4 Å². The van der Waals surface area contributed by atoms with Gasteiger partial charge in [-0.1, -0.05) is 19.1 Å². The first-order valence-electron chi connectivity index (χ1n) is 6.58. The van der Waals surface area contributed by atoms with Crippen LogP contribution in [0.4, 0.5) is 5.69 Å². The molecule has 1 aromatic carbocycles. The summed E-state index contributed by atoms with van der Waals surface area (Å²) in [6.45, 7) is 3.48. The Labute approximate surface area is 113 Å². The van der Waals surface area contributed by atoms with Crippen molar-refractivity contribution in [2.75, 3.05) is 25.1 Å². The lowest BCUT2D eigenvalue weighted by molar-refractivity contribution is -0.120. The predicted octanol–water partition coefficient (Wildman–Crippen LogP) is 1.39. The number of nitrogens with two attached hydrogens (primary N) is 1. The number of carbonyl (C=O) groups excluding carboxylic acids is 1. The summed E-state index contributed by atoms with van der Waals surface area (Å²) < 4.78 is 10.8. The van der Waals surface area contributed by atoms with E-state index in [-0.39, 0.29) is 17.9 Å². The molecule has 1 amide bonds. The number of para-hydroxylation sites is 2. The standard InChI is InChI=1S/C14H20N2O3/c1-2-7-19-13-6-4-3-5-12(13)16-14(17)10-8-18-9-11(10)15/h3-6,10-11H,2,7-9,15H2,1H3,(H,16,17). The third-order valence-corrected chi connectivity index (χ3v) is 3.07. The molecule has 0 radical (unpaired) electrons. The van der Waals surface area contributed by atoms with Crippen molar-refractivity contribution in [3.8, 4) is 5.75 Å². The van der Waals surface area contributed by atoms with Gasteiger partial charge < -0.3 is 20.5 Å². The number of nitrogens with one attached hydrogen (secondary N) is 1. The van der Waals surface area contributed by atoms with E-state index in [9.17, 15) is 4.79 Å². The first-order valence-corrected chi connectivity index (χ1v) is 6.58. The van der Waals surface area contributed by atoms with Gasteiger partial charge in [0.25, 0.3) is 0 Å². The molecule has 2 rings (SSSR count). The Morgan fingerprint density at radius 3 is 2.95 bits per heavy atom. The summed E-state index contributed by atoms with van der Waals surface area (Å²) in [7, 11) is 0. The monoisotopic (exact) mass is 264 g/mol. The van der Waals surface area contributed by atoms with Crippen molar-refractivity contribution in [1.29, 1.82) is 0 Å². The van der Waals surface area contributed by atoms with E-state index in [0.29, 0.717) is 31.3 Å². The number of anilines is 1. The molecule has 1 aliphatic rings. The van der Waals surface area contributed by atoms with Gasteiger partial charge in [0.2, 0.25) is 5.91 Å². The average molecular weight is 264 g/mol. The van der Waals surface area contributed by atoms with Crippen LogP contribution >= 0.6 is 0 Å². The molecule has 1 aliphatic heterocycles. The Morgan fingerprint density at radius 1 is 1.47 bits per heavy atom. The highest BCUT2D eigenvalue weighted by Crippen LogP contribution is 2.25. The molecule has 19 heavy (non-hydrogen) atoms. The molecular formula is C14H20N2O3. The molecule has 0 saturated carbocycles. The molecule has 0 bridgehead atoms. The summed E-state index contributed by atoms with van der Waals surface area (Å²) >= 11 is 0. The maximum absolute atomic E-state index is 12.1. The van der Waals surface area contributed by atoms with Gasteiger partial charge in [-0.2, -0.15) is 0 Å². The van der Waals surface area contributed by atoms with Crippen molar-refractivity contribution in [3.05, 3.63) is 24.3 Å². The van der Waals surface area contributed by atoms with Gasteiger partial charge in [-0.15, -0.1) is 0 Å². The first-order chi connectivity index (χ1) is 9.22. The van der Waals surface area contributed by atoms with Gasteiger partial charge in [0.15, 0.2) is 0 Å². The van der Waals surface area contributed by atoms with E-state index in [2.05, 4.69) is 5.32 Å². The number of hydrogen-bond acceptors (Lipinski definition) is 4. The van der Waals surface area contributed by atoms with Gasteiger partial charge in [0, 0.05) is 6.04 Å². The van der Waals surface area contributed by atoms with Gasteiger partial charge in [0.1, 0.15) is 5.75 Å². The zero-order valence-electron chi connectivity index (χ0n) is 11.1. The highest BCUT2D eigenvalue weighted by molar-refractivity contribution is 5.94. The van der Waals surface area contributed by atoms with Gasteiger partial charge >= 0.3 is 0 Å². The van der Waals surface area contributed by atoms with Crippen LogP contribution in [0.2, 0.25) is 0 Å². The third kappa shape index (κ3) is 3.45. The van der Waals surface area contributed by atoms with Crippen LogP contribution in [0.1, 0.15) is 13.3 Å². The second-order valence-corrected chi connectivity index (χ2v) is 4.64. The summed E-state index contributed by atoms with van der Waals surface area (Å²) in [6.07, 6.45) is 0.920. The van der Waals surface area contributed by atoms with Crippen LogP contribution in [0, 0.1) is 5.92 Å². The second-order valence-electron chi connectivity index (χ2n) is 4.64. The zero-order valence-corrected chi connectivity index (χ0v) is 11.1. The van der Waals surface area contributed by atoms with Crippen molar-refractivity contribution in [1.82, 2.24) is 0 Å². The molecule has 5 nitrogen and oxygen atoms in total. The Kier molecular flexibility index (Phi) is 4.76. The lowest BCUT2D eigenvalue weighted by Gasteiger charge is -2.16. The minimum atomic E-state index is -0.292. The third-order valence-electron chi connectivity index (χ3n) is 3.07. The molecule has 2 unspecified atom stereocenters. The summed E-state index contributed by atoms with van der Waals surface area (Å²) in [5.74, 6) is 0.280. The van der Waals surface area contributed by atoms with Crippen LogP contribution in [0.5, 0.6) is 5.75 Å². The summed E-state index contributed by atoms with van der Waals surface area (Å²) in [6, 6.07) is 7.18. The highest BCUT2D eigenvalue weighted by Gasteiger charge is 2.31. The lowest BCUT2D eigenvalue weighted by Crippen LogP contribution is -2.37. The molecule has 1 heterocycles. The molecule has 1 saturated heterocycles. The SMILES string of the molecule is CCCOc1ccccc1NC(=O)C1COCC1N. The van der Waals surface area contributed by atoms with Crippen LogP contribution in [0.15, 0.2) is 24.3 Å². The van der Waals surface area contributed by atoms with Crippen molar-refractivity contribution in [2.45, 2.75) is 19.4 Å². The fourth-order valence-electron chi connectivity index (χ4n) is 1.97. The highest BCUT2D eigenvalue weighted by atomic mass is 16.5. The number of ether oxygens (including phenoxy) is 2. The van der Waals surface area contributed by atoms with Gasteiger partial charge in [-0.05, 0) is 18.6 Å². The van der Waals surface area contributed by atoms with Crippen molar-refractivity contribution >= 4 is 11.6 Å². The molecule has 2 atom stereocenters. The van der Waals surface area contributed by atoms with E-state index in [1.54, 1.807) is 0 Å². The number of carbonyl (C=O) groups is 1. The molecule has 104 valence electrons. The Morgan fingerprint density at radius 2 is 2.26 bits per heavy atom. The number of benzene rings is 1. The molecule has 1 fully saturated rings. The largest absolute Gasteiger partial charge is 0.491 e. The second kappa shape index (κ2) is 6.54. The van der Waals surface area contributed by atoms with E-state index in [1.807, 2.05) is 31.2 Å². The summed E-state index contributed by atoms with van der Waals surface area (Å²) in [5, 5.41) is 2.87. The average Bonchev–Trinajstić information content (AvgIpc) is 2.84. The van der Waals surface area contributed by atoms with Crippen LogP contribution in [-0.4, -0.2) is 31.8 Å². The van der Waals surface area contributed by atoms with E-state index < -0.39 is 0 Å². The maximum atomic E-state index is 12.1. The Balaban J connectivity index is 2.03. The first kappa shape index (κ1) is 13.8. The Bertz CT molecular complexity index is 436. The number of rotatable bonds is 5. The lowest BCUT2D eigenvalue weighted by atomic mass is 10.0. The van der Waals surface area contributed by atoms with Crippen LogP contribution in [-0.2, 0) is 9.53 Å². The summed E-state index contributed by atoms with van der Waals surface area (Å²) in [4.78, 5) is 12.1. The van der Waals surface area contributed by atoms with E-state index in [4.69, 9.17) is 15.2 Å². The molecule has 3 N–H and O–H groups in total. The van der Waals surface area contributed by atoms with E-state index in [1.165, 1.54) is 0 Å². The molecule has 0 spiro atoms. The van der Waals surface area contributed by atoms with Gasteiger partial charge in [-0.3, -0.25) is 4.79 Å². The fraction of sp³-hybridized carbons (Fsp3) is 0.500. The van der Waals surface area contributed by atoms with Gasteiger partial charge in [-0.25, -0.2) is 0 Å². The molecule has 0 aromatic heterocycles. The minimum absolute atomic E-state index is 0.113. The molecule has 1 aromatic rings.